The number of quaternary nitrogens is 1. The maximum Gasteiger partial charge on any atom is 0.279 e. The molecule has 0 aromatic heterocycles. The molecule has 0 radical (unpaired) electrons. The Morgan fingerprint density at radius 1 is 1.22 bits per heavy atom. The predicted molar refractivity (Wildman–Crippen MR) is 83.4 cm³/mol. The molecule has 1 aromatic rings. The Bertz CT molecular complexity index is 580. The SMILES string of the molecule is CNC(=O)CN(C)C(=O)C[NH+](C)CC(=O)Nc1cccc(F)c1. The van der Waals surface area contributed by atoms with Crippen LogP contribution in [0.4, 0.5) is 10.1 Å². The summed E-state index contributed by atoms with van der Waals surface area (Å²) in [7, 11) is 4.71. The van der Waals surface area contributed by atoms with Gasteiger partial charge in [-0.1, -0.05) is 6.07 Å². The van der Waals surface area contributed by atoms with Gasteiger partial charge in [0, 0.05) is 19.8 Å². The number of rotatable bonds is 7. The summed E-state index contributed by atoms with van der Waals surface area (Å²) in [5, 5.41) is 5.00. The van der Waals surface area contributed by atoms with Crippen LogP contribution in [0.5, 0.6) is 0 Å². The molecule has 1 rings (SSSR count). The number of amides is 3. The second-order valence-electron chi connectivity index (χ2n) is 5.29. The Morgan fingerprint density at radius 2 is 1.91 bits per heavy atom. The second-order valence-corrected chi connectivity index (χ2v) is 5.29. The first-order valence-corrected chi connectivity index (χ1v) is 7.13. The standard InChI is InChI=1S/C15H21FN4O3/c1-17-13(21)9-20(3)15(23)10-19(2)8-14(22)18-12-6-4-5-11(16)7-12/h4-7H,8-10H2,1-3H3,(H,17,21)(H,18,22)/p+1. The van der Waals surface area contributed by atoms with Gasteiger partial charge >= 0.3 is 0 Å². The summed E-state index contributed by atoms with van der Waals surface area (Å²) in [6.07, 6.45) is 0. The molecule has 1 unspecified atom stereocenters. The fourth-order valence-electron chi connectivity index (χ4n) is 1.88. The Hall–Kier alpha value is -2.48. The smallest absolute Gasteiger partial charge is 0.279 e. The van der Waals surface area contributed by atoms with E-state index in [0.717, 1.165) is 0 Å². The van der Waals surface area contributed by atoms with E-state index in [1.807, 2.05) is 0 Å². The molecule has 1 atom stereocenters. The van der Waals surface area contributed by atoms with E-state index in [9.17, 15) is 18.8 Å². The molecule has 3 amide bonds. The minimum atomic E-state index is -0.436. The molecule has 0 saturated heterocycles. The van der Waals surface area contributed by atoms with Crippen LogP contribution in [-0.4, -0.2) is 63.4 Å². The number of benzene rings is 1. The highest BCUT2D eigenvalue weighted by Gasteiger charge is 2.18. The van der Waals surface area contributed by atoms with Gasteiger partial charge in [0.25, 0.3) is 11.8 Å². The highest BCUT2D eigenvalue weighted by molar-refractivity contribution is 5.91. The van der Waals surface area contributed by atoms with Gasteiger partial charge in [0.2, 0.25) is 5.91 Å². The summed E-state index contributed by atoms with van der Waals surface area (Å²) in [4.78, 5) is 37.0. The minimum absolute atomic E-state index is 0.0297. The molecular weight excluding hydrogens is 303 g/mol. The first kappa shape index (κ1) is 18.6. The first-order chi connectivity index (χ1) is 10.8. The zero-order chi connectivity index (χ0) is 17.4. The molecule has 0 saturated carbocycles. The van der Waals surface area contributed by atoms with Crippen molar-refractivity contribution in [2.45, 2.75) is 0 Å². The minimum Gasteiger partial charge on any atom is -0.358 e. The van der Waals surface area contributed by atoms with Crippen molar-refractivity contribution in [3.8, 4) is 0 Å². The van der Waals surface area contributed by atoms with Crippen LogP contribution < -0.4 is 15.5 Å². The summed E-state index contributed by atoms with van der Waals surface area (Å²) in [5.74, 6) is -1.27. The normalized spacial score (nSPS) is 11.5. The molecule has 126 valence electrons. The molecule has 8 heteroatoms. The number of halogens is 1. The van der Waals surface area contributed by atoms with Gasteiger partial charge in [0.05, 0.1) is 13.6 Å². The van der Waals surface area contributed by atoms with Crippen molar-refractivity contribution in [1.82, 2.24) is 10.2 Å². The highest BCUT2D eigenvalue weighted by Crippen LogP contribution is 2.08. The molecule has 1 aromatic carbocycles. The Labute approximate surface area is 134 Å². The van der Waals surface area contributed by atoms with Crippen LogP contribution in [0.25, 0.3) is 0 Å². The molecule has 0 aliphatic heterocycles. The number of nitrogens with one attached hydrogen (secondary N) is 3. The van der Waals surface area contributed by atoms with E-state index < -0.39 is 5.82 Å². The Morgan fingerprint density at radius 3 is 2.52 bits per heavy atom. The number of likely N-dealkylation sites (N-methyl/N-ethyl adjacent to an activating group) is 3. The Balaban J connectivity index is 2.43. The van der Waals surface area contributed by atoms with E-state index in [1.165, 1.54) is 37.2 Å². The van der Waals surface area contributed by atoms with Gasteiger partial charge in [0.1, 0.15) is 5.82 Å². The number of carbonyl (C=O) groups excluding carboxylic acids is 3. The number of nitrogens with zero attached hydrogens (tertiary/aromatic N) is 1. The van der Waals surface area contributed by atoms with Crippen LogP contribution in [-0.2, 0) is 14.4 Å². The third-order valence-corrected chi connectivity index (χ3v) is 3.11. The molecule has 0 aliphatic rings. The fourth-order valence-corrected chi connectivity index (χ4v) is 1.88. The lowest BCUT2D eigenvalue weighted by molar-refractivity contribution is -0.862. The maximum absolute atomic E-state index is 13.0. The van der Waals surface area contributed by atoms with Crippen molar-refractivity contribution >= 4 is 23.4 Å². The first-order valence-electron chi connectivity index (χ1n) is 7.13. The molecule has 0 aliphatic carbocycles. The lowest BCUT2D eigenvalue weighted by Crippen LogP contribution is -3.11. The summed E-state index contributed by atoms with van der Waals surface area (Å²) in [6, 6.07) is 5.58. The molecule has 23 heavy (non-hydrogen) atoms. The predicted octanol–water partition coefficient (Wildman–Crippen LogP) is -1.52. The summed E-state index contributed by atoms with van der Waals surface area (Å²) in [6.45, 7) is 0.0955. The molecule has 0 bridgehead atoms. The van der Waals surface area contributed by atoms with E-state index in [-0.39, 0.29) is 37.4 Å². The third-order valence-electron chi connectivity index (χ3n) is 3.11. The second kappa shape index (κ2) is 8.84. The van der Waals surface area contributed by atoms with Gasteiger partial charge in [-0.2, -0.15) is 0 Å². The van der Waals surface area contributed by atoms with Crippen LogP contribution >= 0.6 is 0 Å². The van der Waals surface area contributed by atoms with Crippen molar-refractivity contribution < 1.29 is 23.7 Å². The maximum atomic E-state index is 13.0. The topological polar surface area (TPSA) is 83.0 Å². The number of carbonyl (C=O) groups is 3. The van der Waals surface area contributed by atoms with Crippen LogP contribution in [0.2, 0.25) is 0 Å². The van der Waals surface area contributed by atoms with Gasteiger partial charge in [-0.15, -0.1) is 0 Å². The summed E-state index contributed by atoms with van der Waals surface area (Å²) >= 11 is 0. The number of hydrogen-bond acceptors (Lipinski definition) is 3. The average molecular weight is 325 g/mol. The van der Waals surface area contributed by atoms with E-state index in [1.54, 1.807) is 13.1 Å². The highest BCUT2D eigenvalue weighted by atomic mass is 19.1. The van der Waals surface area contributed by atoms with Crippen molar-refractivity contribution in [3.05, 3.63) is 30.1 Å². The average Bonchev–Trinajstić information content (AvgIpc) is 2.46. The quantitative estimate of drug-likeness (QED) is 0.570. The Kier molecular flexibility index (Phi) is 7.14. The lowest BCUT2D eigenvalue weighted by Gasteiger charge is -2.19. The zero-order valence-electron chi connectivity index (χ0n) is 13.5. The van der Waals surface area contributed by atoms with Crippen LogP contribution in [0.1, 0.15) is 0 Å². The number of hydrogen-bond donors (Lipinski definition) is 3. The van der Waals surface area contributed by atoms with Gasteiger partial charge in [-0.25, -0.2) is 4.39 Å². The summed E-state index contributed by atoms with van der Waals surface area (Å²) in [5.41, 5.74) is 0.367. The number of anilines is 1. The molecule has 0 fully saturated rings. The van der Waals surface area contributed by atoms with E-state index in [4.69, 9.17) is 0 Å². The molecule has 3 N–H and O–H groups in total. The summed E-state index contributed by atoms with van der Waals surface area (Å²) < 4.78 is 13.0. The molecular formula is C15H22FN4O3+. The van der Waals surface area contributed by atoms with Gasteiger partial charge in [0.15, 0.2) is 13.1 Å². The van der Waals surface area contributed by atoms with E-state index >= 15 is 0 Å². The van der Waals surface area contributed by atoms with Crippen LogP contribution in [0, 0.1) is 5.82 Å². The molecule has 0 spiro atoms. The van der Waals surface area contributed by atoms with Crippen LogP contribution in [0.15, 0.2) is 24.3 Å². The molecule has 7 nitrogen and oxygen atoms in total. The molecule has 0 heterocycles. The van der Waals surface area contributed by atoms with Crippen LogP contribution in [0.3, 0.4) is 0 Å². The largest absolute Gasteiger partial charge is 0.358 e. The zero-order valence-corrected chi connectivity index (χ0v) is 13.5. The van der Waals surface area contributed by atoms with Gasteiger partial charge in [-0.05, 0) is 18.2 Å². The van der Waals surface area contributed by atoms with Gasteiger partial charge in [-0.3, -0.25) is 14.4 Å². The lowest BCUT2D eigenvalue weighted by atomic mass is 10.3. The fraction of sp³-hybridized carbons (Fsp3) is 0.400. The third kappa shape index (κ3) is 6.88. The van der Waals surface area contributed by atoms with E-state index in [0.29, 0.717) is 10.6 Å². The monoisotopic (exact) mass is 325 g/mol. The van der Waals surface area contributed by atoms with Crippen molar-refractivity contribution in [3.63, 3.8) is 0 Å². The van der Waals surface area contributed by atoms with Crippen molar-refractivity contribution in [2.24, 2.45) is 0 Å². The van der Waals surface area contributed by atoms with E-state index in [2.05, 4.69) is 10.6 Å². The van der Waals surface area contributed by atoms with Crippen molar-refractivity contribution in [2.75, 3.05) is 46.1 Å². The van der Waals surface area contributed by atoms with Crippen molar-refractivity contribution in [1.29, 1.82) is 0 Å². The van der Waals surface area contributed by atoms with Gasteiger partial charge < -0.3 is 20.4 Å².